The fourth-order valence-corrected chi connectivity index (χ4v) is 5.58. The van der Waals surface area contributed by atoms with E-state index in [1.807, 2.05) is 0 Å². The van der Waals surface area contributed by atoms with Gasteiger partial charge in [-0.05, 0) is 57.5 Å². The first-order chi connectivity index (χ1) is 11.2. The zero-order chi connectivity index (χ0) is 15.9. The number of carbonyl (C=O) groups is 1. The quantitative estimate of drug-likeness (QED) is 0.813. The predicted molar refractivity (Wildman–Crippen MR) is 86.1 cm³/mol. The zero-order valence-corrected chi connectivity index (χ0v) is 13.9. The van der Waals surface area contributed by atoms with E-state index in [0.29, 0.717) is 31.1 Å². The number of nitrogens with zero attached hydrogens (tertiary/aromatic N) is 2. The molecule has 1 saturated carbocycles. The molecule has 4 unspecified atom stereocenters. The molecule has 0 aromatic rings. The van der Waals surface area contributed by atoms with Gasteiger partial charge >= 0.3 is 6.09 Å². The van der Waals surface area contributed by atoms with Gasteiger partial charge in [0.05, 0.1) is 6.61 Å². The molecule has 23 heavy (non-hydrogen) atoms. The minimum atomic E-state index is -0.752. The van der Waals surface area contributed by atoms with E-state index in [1.165, 1.54) is 38.8 Å². The lowest BCUT2D eigenvalue weighted by Gasteiger charge is -2.61. The number of piperidine rings is 1. The number of carboxylic acid groups (broad SMARTS) is 1. The van der Waals surface area contributed by atoms with Gasteiger partial charge in [-0.25, -0.2) is 4.79 Å². The molecule has 4 fully saturated rings. The largest absolute Gasteiger partial charge is 0.465 e. The lowest BCUT2D eigenvalue weighted by molar-refractivity contribution is -0.138. The van der Waals surface area contributed by atoms with Crippen LogP contribution < -0.4 is 5.48 Å². The normalized spacial score (nSPS) is 41.9. The molecule has 4 aliphatic rings. The van der Waals surface area contributed by atoms with Crippen molar-refractivity contribution < 1.29 is 14.7 Å². The van der Waals surface area contributed by atoms with Crippen molar-refractivity contribution in [2.45, 2.75) is 57.0 Å². The minimum Gasteiger partial charge on any atom is -0.465 e. The maximum atomic E-state index is 11.5. The Labute approximate surface area is 138 Å². The number of hydrogen-bond acceptors (Lipinski definition) is 4. The van der Waals surface area contributed by atoms with Crippen LogP contribution in [0.1, 0.15) is 44.9 Å². The van der Waals surface area contributed by atoms with Crippen LogP contribution in [0.4, 0.5) is 4.79 Å². The topological polar surface area (TPSA) is 65.0 Å². The highest BCUT2D eigenvalue weighted by molar-refractivity contribution is 5.65. The Balaban J connectivity index is 1.53. The molecule has 4 rings (SSSR count). The fourth-order valence-electron chi connectivity index (χ4n) is 5.58. The molecule has 4 atom stereocenters. The predicted octanol–water partition coefficient (Wildman–Crippen LogP) is 1.91. The SMILES string of the molecule is O=C(O)N1CCC2(C1)C(C1CCCON1)CC2N1CCCCC1. The van der Waals surface area contributed by atoms with Crippen molar-refractivity contribution in [3.05, 3.63) is 0 Å². The maximum absolute atomic E-state index is 11.5. The van der Waals surface area contributed by atoms with Gasteiger partial charge in [0.15, 0.2) is 0 Å². The maximum Gasteiger partial charge on any atom is 0.407 e. The van der Waals surface area contributed by atoms with Gasteiger partial charge in [0.25, 0.3) is 0 Å². The first kappa shape index (κ1) is 15.7. The highest BCUT2D eigenvalue weighted by Crippen LogP contribution is 2.57. The van der Waals surface area contributed by atoms with Gasteiger partial charge in [0.2, 0.25) is 0 Å². The third-order valence-electron chi connectivity index (χ3n) is 6.80. The van der Waals surface area contributed by atoms with Gasteiger partial charge in [0, 0.05) is 30.6 Å². The molecule has 3 aliphatic heterocycles. The average Bonchev–Trinajstić information content (AvgIpc) is 3.04. The number of rotatable bonds is 2. The Bertz CT molecular complexity index is 422. The van der Waals surface area contributed by atoms with Crippen LogP contribution in [0.3, 0.4) is 0 Å². The number of hydrogen-bond donors (Lipinski definition) is 2. The van der Waals surface area contributed by atoms with E-state index in [0.717, 1.165) is 25.9 Å². The van der Waals surface area contributed by atoms with Gasteiger partial charge in [-0.2, -0.15) is 5.48 Å². The summed E-state index contributed by atoms with van der Waals surface area (Å²) in [6.07, 6.45) is 7.68. The molecule has 3 heterocycles. The molecule has 130 valence electrons. The van der Waals surface area contributed by atoms with Crippen LogP contribution in [0.5, 0.6) is 0 Å². The third-order valence-corrected chi connectivity index (χ3v) is 6.80. The first-order valence-corrected chi connectivity index (χ1v) is 9.30. The van der Waals surface area contributed by atoms with Crippen LogP contribution in [-0.4, -0.2) is 65.9 Å². The third kappa shape index (κ3) is 2.65. The van der Waals surface area contributed by atoms with Crippen molar-refractivity contribution in [1.82, 2.24) is 15.3 Å². The number of nitrogens with one attached hydrogen (secondary N) is 1. The summed E-state index contributed by atoms with van der Waals surface area (Å²) in [6, 6.07) is 0.972. The number of likely N-dealkylation sites (tertiary alicyclic amines) is 2. The minimum absolute atomic E-state index is 0.147. The first-order valence-electron chi connectivity index (χ1n) is 9.30. The van der Waals surface area contributed by atoms with E-state index in [9.17, 15) is 9.90 Å². The monoisotopic (exact) mass is 323 g/mol. The average molecular weight is 323 g/mol. The fraction of sp³-hybridized carbons (Fsp3) is 0.941. The molecule has 1 spiro atoms. The number of amides is 1. The molecule has 0 aromatic heterocycles. The van der Waals surface area contributed by atoms with E-state index < -0.39 is 6.09 Å². The van der Waals surface area contributed by atoms with Gasteiger partial charge in [-0.3, -0.25) is 4.90 Å². The Morgan fingerprint density at radius 2 is 2.00 bits per heavy atom. The van der Waals surface area contributed by atoms with E-state index >= 15 is 0 Å². The summed E-state index contributed by atoms with van der Waals surface area (Å²) < 4.78 is 0. The van der Waals surface area contributed by atoms with E-state index in [1.54, 1.807) is 4.90 Å². The summed E-state index contributed by atoms with van der Waals surface area (Å²) >= 11 is 0. The van der Waals surface area contributed by atoms with Gasteiger partial charge in [-0.15, -0.1) is 0 Å². The Hall–Kier alpha value is -0.850. The van der Waals surface area contributed by atoms with E-state index in [-0.39, 0.29) is 5.41 Å². The summed E-state index contributed by atoms with van der Waals surface area (Å²) in [6.45, 7) is 4.60. The van der Waals surface area contributed by atoms with Crippen LogP contribution in [0.25, 0.3) is 0 Å². The van der Waals surface area contributed by atoms with Crippen molar-refractivity contribution in [2.75, 3.05) is 32.8 Å². The highest BCUT2D eigenvalue weighted by Gasteiger charge is 2.62. The molecule has 1 amide bonds. The molecule has 0 radical (unpaired) electrons. The molecule has 0 aromatic carbocycles. The standard InChI is InChI=1S/C17H29N3O3/c21-16(22)20-9-6-17(12-20)13(14-5-4-10-23-18-14)11-15(17)19-7-2-1-3-8-19/h13-15,18H,1-12H2,(H,21,22). The molecule has 6 heteroatoms. The van der Waals surface area contributed by atoms with Crippen LogP contribution in [0, 0.1) is 11.3 Å². The van der Waals surface area contributed by atoms with E-state index in [2.05, 4.69) is 10.4 Å². The molecular weight excluding hydrogens is 294 g/mol. The zero-order valence-electron chi connectivity index (χ0n) is 13.9. The van der Waals surface area contributed by atoms with Crippen LogP contribution >= 0.6 is 0 Å². The van der Waals surface area contributed by atoms with Gasteiger partial charge < -0.3 is 14.8 Å². The summed E-state index contributed by atoms with van der Waals surface area (Å²) in [5, 5.41) is 9.43. The van der Waals surface area contributed by atoms with Crippen molar-refractivity contribution in [3.8, 4) is 0 Å². The molecule has 0 bridgehead atoms. The van der Waals surface area contributed by atoms with Crippen LogP contribution in [-0.2, 0) is 4.84 Å². The van der Waals surface area contributed by atoms with Crippen molar-refractivity contribution in [1.29, 1.82) is 0 Å². The van der Waals surface area contributed by atoms with Crippen LogP contribution in [0.15, 0.2) is 0 Å². The smallest absolute Gasteiger partial charge is 0.407 e. The molecule has 3 saturated heterocycles. The van der Waals surface area contributed by atoms with Crippen LogP contribution in [0.2, 0.25) is 0 Å². The Morgan fingerprint density at radius 3 is 2.65 bits per heavy atom. The second-order valence-corrected chi connectivity index (χ2v) is 7.86. The second kappa shape index (κ2) is 6.22. The molecular formula is C17H29N3O3. The van der Waals surface area contributed by atoms with Crippen molar-refractivity contribution in [2.24, 2.45) is 11.3 Å². The molecule has 2 N–H and O–H groups in total. The Kier molecular flexibility index (Phi) is 4.24. The van der Waals surface area contributed by atoms with Gasteiger partial charge in [-0.1, -0.05) is 6.42 Å². The highest BCUT2D eigenvalue weighted by atomic mass is 16.6. The van der Waals surface area contributed by atoms with Gasteiger partial charge in [0.1, 0.15) is 0 Å². The summed E-state index contributed by atoms with van der Waals surface area (Å²) in [7, 11) is 0. The van der Waals surface area contributed by atoms with Crippen molar-refractivity contribution >= 4 is 6.09 Å². The summed E-state index contributed by atoms with van der Waals surface area (Å²) in [5.74, 6) is 0.555. The summed E-state index contributed by atoms with van der Waals surface area (Å²) in [5.41, 5.74) is 3.40. The van der Waals surface area contributed by atoms with Crippen molar-refractivity contribution in [3.63, 3.8) is 0 Å². The van der Waals surface area contributed by atoms with E-state index in [4.69, 9.17) is 4.84 Å². The lowest BCUT2D eigenvalue weighted by atomic mass is 9.52. The second-order valence-electron chi connectivity index (χ2n) is 7.86. The number of hydroxylamine groups is 1. The Morgan fingerprint density at radius 1 is 1.17 bits per heavy atom. The molecule has 6 nitrogen and oxygen atoms in total. The molecule has 1 aliphatic carbocycles. The lowest BCUT2D eigenvalue weighted by Crippen LogP contribution is -2.67. The summed E-state index contributed by atoms with van der Waals surface area (Å²) in [4.78, 5) is 21.3.